The predicted molar refractivity (Wildman–Crippen MR) is 104 cm³/mol. The Morgan fingerprint density at radius 3 is 2.68 bits per heavy atom. The van der Waals surface area contributed by atoms with Crippen LogP contribution in [0.4, 0.5) is 4.79 Å². The van der Waals surface area contributed by atoms with E-state index in [2.05, 4.69) is 10.1 Å². The van der Waals surface area contributed by atoms with Crippen LogP contribution >= 0.6 is 0 Å². The van der Waals surface area contributed by atoms with E-state index in [1.54, 1.807) is 4.90 Å². The molecule has 0 radical (unpaired) electrons. The number of amides is 3. The molecule has 3 amide bonds. The molecule has 4 rings (SSSR count). The number of benzene rings is 1. The lowest BCUT2D eigenvalue weighted by molar-refractivity contribution is -0.151. The van der Waals surface area contributed by atoms with Crippen molar-refractivity contribution in [2.45, 2.75) is 44.0 Å². The first-order valence-corrected chi connectivity index (χ1v) is 9.88. The Labute approximate surface area is 165 Å². The van der Waals surface area contributed by atoms with Gasteiger partial charge < -0.3 is 19.8 Å². The van der Waals surface area contributed by atoms with Crippen molar-refractivity contribution < 1.29 is 19.2 Å². The number of nitrogens with zero attached hydrogens (tertiary/aromatic N) is 3. The molecular formula is C19H25BN4O4. The molecule has 0 spiro atoms. The number of urea groups is 1. The van der Waals surface area contributed by atoms with Crippen molar-refractivity contribution in [2.24, 2.45) is 0 Å². The van der Waals surface area contributed by atoms with Crippen molar-refractivity contribution in [3.8, 4) is 0 Å². The molecule has 28 heavy (non-hydrogen) atoms. The molecular weight excluding hydrogens is 359 g/mol. The van der Waals surface area contributed by atoms with Crippen LogP contribution in [0.2, 0.25) is 0 Å². The van der Waals surface area contributed by atoms with E-state index in [4.69, 9.17) is 4.84 Å². The standard InChI is InChI=1S/C19H25BN4O4/c25-13-20-22-8-6-15(7-9-22)21-18(26)17-10-16-11-23(17)19(27)24(16)28-12-14-4-2-1-3-5-14/h1-5,13,15-17,20H,6-12H2,(H,21,26)/t16-,17+/m1/s1. The van der Waals surface area contributed by atoms with Crippen molar-refractivity contribution >= 4 is 25.5 Å². The summed E-state index contributed by atoms with van der Waals surface area (Å²) < 4.78 is 0. The fourth-order valence-electron chi connectivity index (χ4n) is 4.27. The molecule has 1 N–H and O–H groups in total. The fourth-order valence-corrected chi connectivity index (χ4v) is 4.27. The van der Waals surface area contributed by atoms with Crippen molar-refractivity contribution in [3.05, 3.63) is 35.9 Å². The summed E-state index contributed by atoms with van der Waals surface area (Å²) in [6.07, 6.45) is 3.17. The van der Waals surface area contributed by atoms with Crippen molar-refractivity contribution in [1.29, 1.82) is 0 Å². The average molecular weight is 384 g/mol. The highest BCUT2D eigenvalue weighted by Gasteiger charge is 2.52. The Kier molecular flexibility index (Phi) is 5.63. The van der Waals surface area contributed by atoms with Gasteiger partial charge in [-0.25, -0.2) is 4.79 Å². The van der Waals surface area contributed by atoms with Gasteiger partial charge in [-0.1, -0.05) is 30.3 Å². The second-order valence-corrected chi connectivity index (χ2v) is 7.68. The van der Waals surface area contributed by atoms with Gasteiger partial charge in [0.25, 0.3) is 7.41 Å². The second kappa shape index (κ2) is 8.32. The Morgan fingerprint density at radius 1 is 1.25 bits per heavy atom. The van der Waals surface area contributed by atoms with Crippen molar-refractivity contribution in [2.75, 3.05) is 19.6 Å². The van der Waals surface area contributed by atoms with E-state index in [0.717, 1.165) is 37.7 Å². The first kappa shape index (κ1) is 19.0. The van der Waals surface area contributed by atoms with Gasteiger partial charge in [0.05, 0.1) is 12.2 Å². The summed E-state index contributed by atoms with van der Waals surface area (Å²) >= 11 is 0. The highest BCUT2D eigenvalue weighted by atomic mass is 16.7. The van der Waals surface area contributed by atoms with Crippen LogP contribution in [0, 0.1) is 0 Å². The molecule has 9 heteroatoms. The fraction of sp³-hybridized carbons (Fsp3) is 0.526. The molecule has 3 heterocycles. The van der Waals surface area contributed by atoms with Crippen LogP contribution in [-0.2, 0) is 21.0 Å². The minimum absolute atomic E-state index is 0.0765. The van der Waals surface area contributed by atoms with Crippen LogP contribution in [-0.4, -0.2) is 78.1 Å². The zero-order valence-electron chi connectivity index (χ0n) is 15.8. The highest BCUT2D eigenvalue weighted by Crippen LogP contribution is 2.32. The summed E-state index contributed by atoms with van der Waals surface area (Å²) in [5.74, 6) is -0.0765. The smallest absolute Gasteiger partial charge is 0.345 e. The SMILES string of the molecule is O=CBN1CCC(NC(=O)[C@@H]2C[C@@H]3CN2C(=O)N3OCc2ccccc2)CC1. The number of carbonyl (C=O) groups excluding carboxylic acids is 3. The third-order valence-electron chi connectivity index (χ3n) is 5.83. The molecule has 148 valence electrons. The highest BCUT2D eigenvalue weighted by molar-refractivity contribution is 6.64. The molecule has 3 fully saturated rings. The van der Waals surface area contributed by atoms with E-state index < -0.39 is 6.04 Å². The number of nitrogens with one attached hydrogen (secondary N) is 1. The van der Waals surface area contributed by atoms with Crippen molar-refractivity contribution in [1.82, 2.24) is 20.1 Å². The Hall–Kier alpha value is -2.39. The van der Waals surface area contributed by atoms with Crippen LogP contribution < -0.4 is 5.32 Å². The molecule has 0 unspecified atom stereocenters. The molecule has 2 atom stereocenters. The van der Waals surface area contributed by atoms with Gasteiger partial charge in [0, 0.05) is 19.0 Å². The number of rotatable bonds is 7. The topological polar surface area (TPSA) is 82.2 Å². The van der Waals surface area contributed by atoms with Gasteiger partial charge in [-0.15, -0.1) is 0 Å². The van der Waals surface area contributed by atoms with Crippen LogP contribution in [0.25, 0.3) is 0 Å². The molecule has 3 saturated heterocycles. The van der Waals surface area contributed by atoms with E-state index in [-0.39, 0.29) is 24.0 Å². The molecule has 1 aromatic carbocycles. The third kappa shape index (κ3) is 3.90. The molecule has 0 aliphatic carbocycles. The van der Waals surface area contributed by atoms with Gasteiger partial charge in [-0.2, -0.15) is 5.06 Å². The minimum atomic E-state index is -0.415. The molecule has 0 saturated carbocycles. The number of fused-ring (bicyclic) bond motifs is 2. The molecule has 2 bridgehead atoms. The van der Waals surface area contributed by atoms with E-state index in [1.165, 1.54) is 5.06 Å². The second-order valence-electron chi connectivity index (χ2n) is 7.68. The van der Waals surface area contributed by atoms with E-state index in [0.29, 0.717) is 27.0 Å². The predicted octanol–water partition coefficient (Wildman–Crippen LogP) is 0.119. The van der Waals surface area contributed by atoms with Gasteiger partial charge in [0.1, 0.15) is 12.6 Å². The molecule has 3 aliphatic heterocycles. The largest absolute Gasteiger partial charge is 0.351 e. The molecule has 8 nitrogen and oxygen atoms in total. The van der Waals surface area contributed by atoms with Crippen LogP contribution in [0.1, 0.15) is 24.8 Å². The summed E-state index contributed by atoms with van der Waals surface area (Å²) in [5.41, 5.74) is 1.00. The maximum absolute atomic E-state index is 12.7. The van der Waals surface area contributed by atoms with Gasteiger partial charge >= 0.3 is 6.03 Å². The van der Waals surface area contributed by atoms with Crippen LogP contribution in [0.3, 0.4) is 0 Å². The first-order valence-electron chi connectivity index (χ1n) is 9.88. The Bertz CT molecular complexity index is 726. The quantitative estimate of drug-likeness (QED) is 0.534. The van der Waals surface area contributed by atoms with E-state index in [9.17, 15) is 14.4 Å². The minimum Gasteiger partial charge on any atom is -0.351 e. The van der Waals surface area contributed by atoms with Crippen molar-refractivity contribution in [3.63, 3.8) is 0 Å². The lowest BCUT2D eigenvalue weighted by Crippen LogP contribution is -2.54. The summed E-state index contributed by atoms with van der Waals surface area (Å²) in [6, 6.07) is 9.10. The van der Waals surface area contributed by atoms with Gasteiger partial charge in [0.15, 0.2) is 0 Å². The lowest BCUT2D eigenvalue weighted by atomic mass is 9.89. The number of hydrogen-bond donors (Lipinski definition) is 1. The lowest BCUT2D eigenvalue weighted by Gasteiger charge is -2.34. The number of carbonyl (C=O) groups is 3. The average Bonchev–Trinajstić information content (AvgIpc) is 3.28. The first-order chi connectivity index (χ1) is 13.7. The zero-order valence-corrected chi connectivity index (χ0v) is 15.8. The number of piperidine rings is 1. The molecule has 3 aliphatic rings. The van der Waals surface area contributed by atoms with Crippen LogP contribution in [0.15, 0.2) is 30.3 Å². The zero-order chi connectivity index (χ0) is 19.5. The molecule has 1 aromatic rings. The normalized spacial score (nSPS) is 25.2. The summed E-state index contributed by atoms with van der Waals surface area (Å²) in [5, 5.41) is 4.52. The number of hydrogen-bond acceptors (Lipinski definition) is 5. The summed E-state index contributed by atoms with van der Waals surface area (Å²) in [6.45, 7) is 2.48. The monoisotopic (exact) mass is 384 g/mol. The van der Waals surface area contributed by atoms with E-state index >= 15 is 0 Å². The van der Waals surface area contributed by atoms with Crippen LogP contribution in [0.5, 0.6) is 0 Å². The summed E-state index contributed by atoms with van der Waals surface area (Å²) in [4.78, 5) is 45.4. The summed E-state index contributed by atoms with van der Waals surface area (Å²) in [7, 11) is 0.450. The Morgan fingerprint density at radius 2 is 2.00 bits per heavy atom. The third-order valence-corrected chi connectivity index (χ3v) is 5.83. The maximum atomic E-state index is 12.7. The van der Waals surface area contributed by atoms with Gasteiger partial charge in [0.2, 0.25) is 5.91 Å². The van der Waals surface area contributed by atoms with E-state index in [1.807, 2.05) is 30.3 Å². The van der Waals surface area contributed by atoms with Gasteiger partial charge in [-0.3, -0.25) is 9.63 Å². The Balaban J connectivity index is 1.26. The van der Waals surface area contributed by atoms with Gasteiger partial charge in [-0.05, 0) is 31.5 Å². The maximum Gasteiger partial charge on any atom is 0.345 e. The number of hydroxylamine groups is 2. The molecule has 0 aromatic heterocycles.